The first-order valence-electron chi connectivity index (χ1n) is 9.31. The Balaban J connectivity index is 2.78. The predicted octanol–water partition coefficient (Wildman–Crippen LogP) is 4.80. The fraction of sp³-hybridized carbons (Fsp3) is 0.895. The SMILES string of the molecule is CC1(C)C[C@@H](O[Si](C)(C)C(C)(C)C)[C@H](C(=O)ONC(=O)OC(C)(C)C)C1. The molecule has 7 heteroatoms. The first-order chi connectivity index (χ1) is 11.4. The number of ether oxygens (including phenoxy) is 1. The van der Waals surface area contributed by atoms with E-state index in [4.69, 9.17) is 14.0 Å². The molecule has 6 nitrogen and oxygen atoms in total. The number of rotatable bonds is 3. The fourth-order valence-electron chi connectivity index (χ4n) is 2.88. The van der Waals surface area contributed by atoms with Gasteiger partial charge in [-0.05, 0) is 57.2 Å². The lowest BCUT2D eigenvalue weighted by Gasteiger charge is -2.39. The molecular formula is C19H37NO5Si. The summed E-state index contributed by atoms with van der Waals surface area (Å²) in [6.07, 6.45) is 0.496. The zero-order valence-electron chi connectivity index (χ0n) is 18.1. The molecule has 0 unspecified atom stereocenters. The van der Waals surface area contributed by atoms with E-state index in [1.54, 1.807) is 20.8 Å². The van der Waals surface area contributed by atoms with Crippen LogP contribution in [0.5, 0.6) is 0 Å². The molecule has 1 saturated carbocycles. The Morgan fingerprint density at radius 2 is 1.58 bits per heavy atom. The zero-order valence-corrected chi connectivity index (χ0v) is 19.1. The number of nitrogens with one attached hydrogen (secondary N) is 1. The molecular weight excluding hydrogens is 350 g/mol. The van der Waals surface area contributed by atoms with Crippen molar-refractivity contribution in [3.05, 3.63) is 0 Å². The van der Waals surface area contributed by atoms with Gasteiger partial charge in [-0.25, -0.2) is 9.59 Å². The first kappa shape index (κ1) is 23.0. The van der Waals surface area contributed by atoms with E-state index in [9.17, 15) is 9.59 Å². The van der Waals surface area contributed by atoms with Gasteiger partial charge < -0.3 is 14.0 Å². The lowest BCUT2D eigenvalue weighted by Crippen LogP contribution is -2.46. The minimum Gasteiger partial charge on any atom is -0.442 e. The highest BCUT2D eigenvalue weighted by Crippen LogP contribution is 2.47. The van der Waals surface area contributed by atoms with Gasteiger partial charge >= 0.3 is 12.1 Å². The number of hydrogen-bond acceptors (Lipinski definition) is 5. The van der Waals surface area contributed by atoms with Gasteiger partial charge in [-0.1, -0.05) is 34.6 Å². The Morgan fingerprint density at radius 3 is 2.04 bits per heavy atom. The molecule has 0 saturated heterocycles. The Hall–Kier alpha value is -1.08. The van der Waals surface area contributed by atoms with Crippen molar-refractivity contribution >= 4 is 20.4 Å². The van der Waals surface area contributed by atoms with E-state index in [2.05, 4.69) is 53.2 Å². The highest BCUT2D eigenvalue weighted by Gasteiger charge is 2.49. The molecule has 1 rings (SSSR count). The van der Waals surface area contributed by atoms with E-state index < -0.39 is 31.9 Å². The standard InChI is InChI=1S/C19H37NO5Si/c1-17(2,3)23-16(22)20-24-15(21)13-11-19(7,8)12-14(13)25-26(9,10)18(4,5)6/h13-14H,11-12H2,1-10H3,(H,20,22)/t13-,14-/m1/s1. The topological polar surface area (TPSA) is 73.9 Å². The average Bonchev–Trinajstić information content (AvgIpc) is 2.67. The van der Waals surface area contributed by atoms with Gasteiger partial charge in [0.2, 0.25) is 0 Å². The molecule has 0 bridgehead atoms. The van der Waals surface area contributed by atoms with Crippen LogP contribution in [-0.4, -0.2) is 32.1 Å². The molecule has 0 aromatic heterocycles. The Morgan fingerprint density at radius 1 is 1.04 bits per heavy atom. The summed E-state index contributed by atoms with van der Waals surface area (Å²) < 4.78 is 11.6. The van der Waals surface area contributed by atoms with Crippen LogP contribution in [0.1, 0.15) is 68.2 Å². The van der Waals surface area contributed by atoms with Crippen molar-refractivity contribution in [2.75, 3.05) is 0 Å². The highest BCUT2D eigenvalue weighted by atomic mass is 28.4. The summed E-state index contributed by atoms with van der Waals surface area (Å²) in [7, 11) is -2.02. The van der Waals surface area contributed by atoms with Crippen molar-refractivity contribution in [1.29, 1.82) is 0 Å². The molecule has 2 atom stereocenters. The second kappa shape index (κ2) is 7.50. The van der Waals surface area contributed by atoms with Crippen LogP contribution in [0, 0.1) is 11.3 Å². The van der Waals surface area contributed by atoms with Crippen LogP contribution in [0.3, 0.4) is 0 Å². The third kappa shape index (κ3) is 6.58. The molecule has 0 heterocycles. The summed E-state index contributed by atoms with van der Waals surface area (Å²) in [6, 6.07) is 0. The van der Waals surface area contributed by atoms with Crippen molar-refractivity contribution in [3.63, 3.8) is 0 Å². The number of hydroxylamine groups is 1. The Labute approximate surface area is 159 Å². The van der Waals surface area contributed by atoms with Crippen LogP contribution in [0.2, 0.25) is 18.1 Å². The predicted molar refractivity (Wildman–Crippen MR) is 104 cm³/mol. The minimum atomic E-state index is -2.02. The number of carbonyl (C=O) groups is 2. The summed E-state index contributed by atoms with van der Waals surface area (Å²) in [6.45, 7) is 20.4. The van der Waals surface area contributed by atoms with E-state index in [0.717, 1.165) is 6.42 Å². The van der Waals surface area contributed by atoms with Gasteiger partial charge in [0, 0.05) is 0 Å². The van der Waals surface area contributed by atoms with Crippen LogP contribution >= 0.6 is 0 Å². The summed E-state index contributed by atoms with van der Waals surface area (Å²) in [4.78, 5) is 29.3. The van der Waals surface area contributed by atoms with Gasteiger partial charge in [-0.15, -0.1) is 5.48 Å². The summed E-state index contributed by atoms with van der Waals surface area (Å²) in [5.74, 6) is -0.862. The minimum absolute atomic E-state index is 0.0113. The van der Waals surface area contributed by atoms with Crippen LogP contribution in [0.4, 0.5) is 4.79 Å². The molecule has 1 amide bonds. The lowest BCUT2D eigenvalue weighted by atomic mass is 9.91. The van der Waals surface area contributed by atoms with E-state index in [1.165, 1.54) is 0 Å². The monoisotopic (exact) mass is 387 g/mol. The van der Waals surface area contributed by atoms with Gasteiger partial charge in [-0.3, -0.25) is 0 Å². The molecule has 152 valence electrons. The first-order valence-corrected chi connectivity index (χ1v) is 12.2. The molecule has 1 N–H and O–H groups in total. The highest BCUT2D eigenvalue weighted by molar-refractivity contribution is 6.74. The van der Waals surface area contributed by atoms with Crippen molar-refractivity contribution in [3.8, 4) is 0 Å². The third-order valence-corrected chi connectivity index (χ3v) is 9.67. The molecule has 0 spiro atoms. The second-order valence-electron chi connectivity index (χ2n) is 10.6. The van der Waals surface area contributed by atoms with Crippen molar-refractivity contribution in [1.82, 2.24) is 5.48 Å². The van der Waals surface area contributed by atoms with Crippen LogP contribution in [0.15, 0.2) is 0 Å². The molecule has 0 aromatic rings. The number of carbonyl (C=O) groups excluding carboxylic acids is 2. The van der Waals surface area contributed by atoms with Crippen LogP contribution in [0.25, 0.3) is 0 Å². The fourth-order valence-corrected chi connectivity index (χ4v) is 4.24. The van der Waals surface area contributed by atoms with Gasteiger partial charge in [0.15, 0.2) is 8.32 Å². The number of hydrogen-bond donors (Lipinski definition) is 1. The average molecular weight is 388 g/mol. The molecule has 0 radical (unpaired) electrons. The molecule has 1 aliphatic rings. The van der Waals surface area contributed by atoms with E-state index >= 15 is 0 Å². The maximum Gasteiger partial charge on any atom is 0.441 e. The van der Waals surface area contributed by atoms with Crippen molar-refractivity contribution < 1.29 is 23.6 Å². The van der Waals surface area contributed by atoms with Gasteiger partial charge in [0.1, 0.15) is 5.60 Å². The normalized spacial score (nSPS) is 23.5. The summed E-state index contributed by atoms with van der Waals surface area (Å²) in [5.41, 5.74) is 1.44. The molecule has 26 heavy (non-hydrogen) atoms. The van der Waals surface area contributed by atoms with Gasteiger partial charge in [-0.2, -0.15) is 0 Å². The maximum absolute atomic E-state index is 12.6. The van der Waals surface area contributed by atoms with Crippen molar-refractivity contribution in [2.45, 2.75) is 98.1 Å². The second-order valence-corrected chi connectivity index (χ2v) is 15.4. The lowest BCUT2D eigenvalue weighted by molar-refractivity contribution is -0.158. The quantitative estimate of drug-likeness (QED) is 0.556. The van der Waals surface area contributed by atoms with Gasteiger partial charge in [0.05, 0.1) is 12.0 Å². The zero-order chi connectivity index (χ0) is 20.6. The molecule has 0 aromatic carbocycles. The molecule has 0 aliphatic heterocycles. The Bertz CT molecular complexity index is 531. The maximum atomic E-state index is 12.6. The van der Waals surface area contributed by atoms with Crippen molar-refractivity contribution in [2.24, 2.45) is 11.3 Å². The summed E-state index contributed by atoms with van der Waals surface area (Å²) >= 11 is 0. The van der Waals surface area contributed by atoms with Crippen LogP contribution in [-0.2, 0) is 18.8 Å². The summed E-state index contributed by atoms with van der Waals surface area (Å²) in [5, 5.41) is 0.0585. The van der Waals surface area contributed by atoms with Gasteiger partial charge in [0.25, 0.3) is 0 Å². The molecule has 1 fully saturated rings. The van der Waals surface area contributed by atoms with E-state index in [0.29, 0.717) is 6.42 Å². The van der Waals surface area contributed by atoms with E-state index in [1.807, 2.05) is 0 Å². The number of amides is 1. The largest absolute Gasteiger partial charge is 0.442 e. The third-order valence-electron chi connectivity index (χ3n) is 5.16. The smallest absolute Gasteiger partial charge is 0.441 e. The van der Waals surface area contributed by atoms with Crippen LogP contribution < -0.4 is 5.48 Å². The Kier molecular flexibility index (Phi) is 6.62. The molecule has 1 aliphatic carbocycles. The van der Waals surface area contributed by atoms with E-state index in [-0.39, 0.29) is 16.6 Å².